The molecule has 0 spiro atoms. The number of nitrogens with one attached hydrogen (secondary N) is 1. The van der Waals surface area contributed by atoms with E-state index in [0.717, 1.165) is 18.9 Å². The number of hydrogen-bond donors (Lipinski definition) is 1. The predicted octanol–water partition coefficient (Wildman–Crippen LogP) is 0.604. The molecular formula is C17H23N5O2. The predicted molar refractivity (Wildman–Crippen MR) is 89.2 cm³/mol. The summed E-state index contributed by atoms with van der Waals surface area (Å²) in [6, 6.07) is 10.3. The van der Waals surface area contributed by atoms with E-state index in [2.05, 4.69) is 32.5 Å². The Morgan fingerprint density at radius 2 is 2.21 bits per heavy atom. The molecule has 0 aliphatic carbocycles. The zero-order valence-corrected chi connectivity index (χ0v) is 13.9. The Morgan fingerprint density at radius 1 is 1.38 bits per heavy atom. The third-order valence-electron chi connectivity index (χ3n) is 4.15. The molecule has 1 N–H and O–H groups in total. The van der Waals surface area contributed by atoms with Crippen molar-refractivity contribution >= 4 is 5.91 Å². The van der Waals surface area contributed by atoms with Crippen LogP contribution in [-0.4, -0.2) is 57.9 Å². The normalized spacial score (nSPS) is 18.5. The Labute approximate surface area is 141 Å². The molecule has 24 heavy (non-hydrogen) atoms. The minimum absolute atomic E-state index is 0.0570. The number of morpholine rings is 1. The molecule has 1 aromatic carbocycles. The quantitative estimate of drug-likeness (QED) is 0.840. The van der Waals surface area contributed by atoms with Gasteiger partial charge in [-0.2, -0.15) is 0 Å². The van der Waals surface area contributed by atoms with Crippen molar-refractivity contribution in [2.24, 2.45) is 0 Å². The lowest BCUT2D eigenvalue weighted by Gasteiger charge is -2.32. The zero-order chi connectivity index (χ0) is 16.8. The maximum atomic E-state index is 12.3. The van der Waals surface area contributed by atoms with Crippen LogP contribution in [0.2, 0.25) is 0 Å². The fourth-order valence-corrected chi connectivity index (χ4v) is 2.79. The Kier molecular flexibility index (Phi) is 5.55. The lowest BCUT2D eigenvalue weighted by molar-refractivity contribution is -0.138. The van der Waals surface area contributed by atoms with E-state index in [1.54, 1.807) is 6.33 Å². The molecule has 1 unspecified atom stereocenters. The third-order valence-corrected chi connectivity index (χ3v) is 4.15. The van der Waals surface area contributed by atoms with Gasteiger partial charge in [-0.3, -0.25) is 9.69 Å². The molecule has 1 fully saturated rings. The minimum atomic E-state index is -0.413. The molecule has 3 rings (SSSR count). The number of hydrogen-bond acceptors (Lipinski definition) is 5. The molecule has 1 atom stereocenters. The Hall–Kier alpha value is -2.25. The average molecular weight is 329 g/mol. The molecule has 0 bridgehead atoms. The molecule has 7 heteroatoms. The van der Waals surface area contributed by atoms with Crippen LogP contribution in [0.4, 0.5) is 0 Å². The van der Waals surface area contributed by atoms with Gasteiger partial charge in [0.2, 0.25) is 0 Å². The fourth-order valence-electron chi connectivity index (χ4n) is 2.79. The van der Waals surface area contributed by atoms with Gasteiger partial charge in [0.1, 0.15) is 18.3 Å². The number of benzene rings is 1. The summed E-state index contributed by atoms with van der Waals surface area (Å²) in [7, 11) is 0. The maximum Gasteiger partial charge on any atom is 0.250 e. The molecule has 1 amide bonds. The number of nitrogens with zero attached hydrogens (tertiary/aromatic N) is 4. The van der Waals surface area contributed by atoms with E-state index in [1.165, 1.54) is 5.56 Å². The van der Waals surface area contributed by atoms with Crippen LogP contribution in [0, 0.1) is 6.92 Å². The molecule has 7 nitrogen and oxygen atoms in total. The maximum absolute atomic E-state index is 12.3. The van der Waals surface area contributed by atoms with Crippen molar-refractivity contribution in [1.82, 2.24) is 25.0 Å². The van der Waals surface area contributed by atoms with E-state index >= 15 is 0 Å². The monoisotopic (exact) mass is 329 g/mol. The van der Waals surface area contributed by atoms with E-state index in [9.17, 15) is 4.79 Å². The van der Waals surface area contributed by atoms with Crippen LogP contribution in [0.1, 0.15) is 11.4 Å². The van der Waals surface area contributed by atoms with Crippen LogP contribution >= 0.6 is 0 Å². The molecule has 1 aliphatic heterocycles. The number of carbonyl (C=O) groups is 1. The van der Waals surface area contributed by atoms with Gasteiger partial charge >= 0.3 is 0 Å². The molecule has 128 valence electrons. The second-order valence-electron chi connectivity index (χ2n) is 5.94. The van der Waals surface area contributed by atoms with Gasteiger partial charge in [0.05, 0.1) is 6.61 Å². The van der Waals surface area contributed by atoms with Gasteiger partial charge in [-0.25, -0.2) is 0 Å². The summed E-state index contributed by atoms with van der Waals surface area (Å²) in [4.78, 5) is 14.6. The molecular weight excluding hydrogens is 306 g/mol. The van der Waals surface area contributed by atoms with Gasteiger partial charge in [-0.05, 0) is 12.5 Å². The summed E-state index contributed by atoms with van der Waals surface area (Å²) >= 11 is 0. The first-order chi connectivity index (χ1) is 11.7. The first kappa shape index (κ1) is 16.6. The lowest BCUT2D eigenvalue weighted by atomic mass is 10.2. The second kappa shape index (κ2) is 8.03. The van der Waals surface area contributed by atoms with Crippen LogP contribution in [-0.2, 0) is 22.6 Å². The number of amides is 1. The van der Waals surface area contributed by atoms with Crippen molar-refractivity contribution in [2.45, 2.75) is 26.1 Å². The summed E-state index contributed by atoms with van der Waals surface area (Å²) in [5.74, 6) is 0.783. The largest absolute Gasteiger partial charge is 0.366 e. The Morgan fingerprint density at radius 3 is 2.96 bits per heavy atom. The molecule has 0 radical (unpaired) electrons. The van der Waals surface area contributed by atoms with Gasteiger partial charge in [0.15, 0.2) is 0 Å². The highest BCUT2D eigenvalue weighted by Crippen LogP contribution is 2.10. The van der Waals surface area contributed by atoms with E-state index in [1.807, 2.05) is 29.7 Å². The van der Waals surface area contributed by atoms with Gasteiger partial charge in [0, 0.05) is 32.7 Å². The minimum Gasteiger partial charge on any atom is -0.366 e. The van der Waals surface area contributed by atoms with E-state index in [4.69, 9.17) is 4.74 Å². The molecule has 1 aromatic heterocycles. The summed E-state index contributed by atoms with van der Waals surface area (Å²) < 4.78 is 7.54. The van der Waals surface area contributed by atoms with E-state index in [-0.39, 0.29) is 5.91 Å². The second-order valence-corrected chi connectivity index (χ2v) is 5.94. The number of rotatable bonds is 6. The van der Waals surface area contributed by atoms with Gasteiger partial charge in [-0.15, -0.1) is 10.2 Å². The fraction of sp³-hybridized carbons (Fsp3) is 0.471. The Balaban J connectivity index is 1.45. The number of aryl methyl sites for hydroxylation is 1. The van der Waals surface area contributed by atoms with Crippen molar-refractivity contribution < 1.29 is 9.53 Å². The van der Waals surface area contributed by atoms with E-state index < -0.39 is 6.10 Å². The van der Waals surface area contributed by atoms with Crippen LogP contribution in [0.3, 0.4) is 0 Å². The number of aromatic nitrogens is 3. The van der Waals surface area contributed by atoms with Crippen molar-refractivity contribution in [3.8, 4) is 0 Å². The average Bonchev–Trinajstić information content (AvgIpc) is 3.01. The molecule has 1 aliphatic rings. The van der Waals surface area contributed by atoms with Crippen molar-refractivity contribution in [1.29, 1.82) is 0 Å². The van der Waals surface area contributed by atoms with Crippen LogP contribution in [0.15, 0.2) is 36.7 Å². The van der Waals surface area contributed by atoms with Crippen molar-refractivity contribution in [2.75, 3.05) is 26.2 Å². The standard InChI is InChI=1S/C17H23N5O2/c1-14-20-19-13-22(14)8-7-18-17(23)16-12-21(9-10-24-16)11-15-5-3-2-4-6-15/h2-6,13,16H,7-12H2,1H3,(H,18,23). The number of ether oxygens (including phenoxy) is 1. The van der Waals surface area contributed by atoms with Gasteiger partial charge in [0.25, 0.3) is 5.91 Å². The smallest absolute Gasteiger partial charge is 0.250 e. The summed E-state index contributed by atoms with van der Waals surface area (Å²) in [6.45, 7) is 5.97. The summed E-state index contributed by atoms with van der Waals surface area (Å²) in [5, 5.41) is 10.7. The zero-order valence-electron chi connectivity index (χ0n) is 13.9. The first-order valence-corrected chi connectivity index (χ1v) is 8.22. The van der Waals surface area contributed by atoms with Gasteiger partial charge < -0.3 is 14.6 Å². The highest BCUT2D eigenvalue weighted by Gasteiger charge is 2.26. The molecule has 1 saturated heterocycles. The molecule has 2 aromatic rings. The van der Waals surface area contributed by atoms with Gasteiger partial charge in [-0.1, -0.05) is 30.3 Å². The van der Waals surface area contributed by atoms with Crippen molar-refractivity contribution in [3.05, 3.63) is 48.0 Å². The molecule has 0 saturated carbocycles. The molecule has 2 heterocycles. The topological polar surface area (TPSA) is 72.3 Å². The Bertz CT molecular complexity index is 658. The lowest BCUT2D eigenvalue weighted by Crippen LogP contribution is -2.49. The van der Waals surface area contributed by atoms with Crippen LogP contribution < -0.4 is 5.32 Å². The third kappa shape index (κ3) is 4.39. The van der Waals surface area contributed by atoms with E-state index in [0.29, 0.717) is 26.2 Å². The van der Waals surface area contributed by atoms with Crippen molar-refractivity contribution in [3.63, 3.8) is 0 Å². The summed E-state index contributed by atoms with van der Waals surface area (Å²) in [5.41, 5.74) is 1.25. The first-order valence-electron chi connectivity index (χ1n) is 8.22. The van der Waals surface area contributed by atoms with Crippen LogP contribution in [0.5, 0.6) is 0 Å². The summed E-state index contributed by atoms with van der Waals surface area (Å²) in [6.07, 6.45) is 1.25. The highest BCUT2D eigenvalue weighted by atomic mass is 16.5. The SMILES string of the molecule is Cc1nncn1CCNC(=O)C1CN(Cc2ccccc2)CCO1. The number of carbonyl (C=O) groups excluding carboxylic acids is 1. The van der Waals surface area contributed by atoms with Crippen LogP contribution in [0.25, 0.3) is 0 Å². The highest BCUT2D eigenvalue weighted by molar-refractivity contribution is 5.81.